The minimum absolute atomic E-state index is 0.381. The van der Waals surface area contributed by atoms with Crippen LogP contribution in [0.3, 0.4) is 0 Å². The number of hydrogen-bond acceptors (Lipinski definition) is 2. The van der Waals surface area contributed by atoms with Gasteiger partial charge in [-0.15, -0.1) is 11.3 Å². The molecule has 0 bridgehead atoms. The van der Waals surface area contributed by atoms with Crippen molar-refractivity contribution >= 4 is 17.1 Å². The maximum Gasteiger partial charge on any atom is 0.132 e. The fourth-order valence-electron chi connectivity index (χ4n) is 1.09. The lowest BCUT2D eigenvalue weighted by Crippen LogP contribution is -1.95. The highest BCUT2D eigenvalue weighted by molar-refractivity contribution is 7.09. The van der Waals surface area contributed by atoms with Crippen LogP contribution in [0.5, 0.6) is 0 Å². The summed E-state index contributed by atoms with van der Waals surface area (Å²) in [6.07, 6.45) is 3.50. The average Bonchev–Trinajstić information content (AvgIpc) is 2.57. The minimum Gasteiger partial charge on any atom is -0.300 e. The van der Waals surface area contributed by atoms with Crippen LogP contribution >= 0.6 is 11.3 Å². The van der Waals surface area contributed by atoms with Crippen molar-refractivity contribution in [3.8, 4) is 0 Å². The quantitative estimate of drug-likeness (QED) is 0.684. The Morgan fingerprint density at radius 1 is 1.58 bits per heavy atom. The van der Waals surface area contributed by atoms with Crippen LogP contribution in [-0.4, -0.2) is 5.78 Å². The SMILES string of the molecule is CCC(=O)CCCc1cccs1. The summed E-state index contributed by atoms with van der Waals surface area (Å²) < 4.78 is 0. The molecule has 0 aliphatic rings. The molecule has 0 aliphatic heterocycles. The lowest BCUT2D eigenvalue weighted by atomic mass is 10.1. The first-order chi connectivity index (χ1) is 5.83. The Hall–Kier alpha value is -0.630. The molecule has 0 spiro atoms. The van der Waals surface area contributed by atoms with Crippen LogP contribution in [0.15, 0.2) is 17.5 Å². The topological polar surface area (TPSA) is 17.1 Å². The number of carbonyl (C=O) groups is 1. The van der Waals surface area contributed by atoms with Gasteiger partial charge in [0.05, 0.1) is 0 Å². The Labute approximate surface area is 77.4 Å². The Kier molecular flexibility index (Phi) is 4.01. The molecule has 0 unspecified atom stereocenters. The van der Waals surface area contributed by atoms with E-state index in [1.54, 1.807) is 11.3 Å². The van der Waals surface area contributed by atoms with Crippen LogP contribution in [0.1, 0.15) is 31.1 Å². The molecule has 12 heavy (non-hydrogen) atoms. The van der Waals surface area contributed by atoms with Crippen LogP contribution in [-0.2, 0) is 11.2 Å². The second-order valence-corrected chi connectivity index (χ2v) is 3.86. The number of thiophene rings is 1. The lowest BCUT2D eigenvalue weighted by molar-refractivity contribution is -0.118. The number of ketones is 1. The predicted molar refractivity (Wildman–Crippen MR) is 52.6 cm³/mol. The predicted octanol–water partition coefficient (Wildman–Crippen LogP) is 3.05. The summed E-state index contributed by atoms with van der Waals surface area (Å²) in [5.41, 5.74) is 0. The molecule has 0 saturated carbocycles. The van der Waals surface area contributed by atoms with E-state index in [1.807, 2.05) is 6.92 Å². The number of hydrogen-bond donors (Lipinski definition) is 0. The number of rotatable bonds is 5. The van der Waals surface area contributed by atoms with E-state index in [9.17, 15) is 4.79 Å². The van der Waals surface area contributed by atoms with Crippen molar-refractivity contribution in [3.05, 3.63) is 22.4 Å². The molecule has 1 heterocycles. The van der Waals surface area contributed by atoms with Gasteiger partial charge in [0.2, 0.25) is 0 Å². The first kappa shape index (κ1) is 9.46. The lowest BCUT2D eigenvalue weighted by Gasteiger charge is -1.95. The standard InChI is InChI=1S/C10H14OS/c1-2-9(11)5-3-6-10-7-4-8-12-10/h4,7-8H,2-3,5-6H2,1H3. The van der Waals surface area contributed by atoms with Gasteiger partial charge in [-0.25, -0.2) is 0 Å². The van der Waals surface area contributed by atoms with Gasteiger partial charge in [0.1, 0.15) is 5.78 Å². The van der Waals surface area contributed by atoms with Crippen molar-refractivity contribution in [2.45, 2.75) is 32.6 Å². The van der Waals surface area contributed by atoms with Crippen LogP contribution in [0.2, 0.25) is 0 Å². The molecule has 0 amide bonds. The van der Waals surface area contributed by atoms with Crippen molar-refractivity contribution in [1.82, 2.24) is 0 Å². The fourth-order valence-corrected chi connectivity index (χ4v) is 1.84. The van der Waals surface area contributed by atoms with Crippen molar-refractivity contribution in [1.29, 1.82) is 0 Å². The smallest absolute Gasteiger partial charge is 0.132 e. The molecule has 0 atom stereocenters. The van der Waals surface area contributed by atoms with Gasteiger partial charge >= 0.3 is 0 Å². The maximum absolute atomic E-state index is 10.9. The van der Waals surface area contributed by atoms with E-state index in [0.717, 1.165) is 19.3 Å². The second kappa shape index (κ2) is 5.09. The molecule has 0 aliphatic carbocycles. The highest BCUT2D eigenvalue weighted by atomic mass is 32.1. The van der Waals surface area contributed by atoms with Crippen LogP contribution in [0, 0.1) is 0 Å². The zero-order valence-corrected chi connectivity index (χ0v) is 8.19. The monoisotopic (exact) mass is 182 g/mol. The largest absolute Gasteiger partial charge is 0.300 e. The first-order valence-electron chi connectivity index (χ1n) is 4.37. The fraction of sp³-hybridized carbons (Fsp3) is 0.500. The zero-order chi connectivity index (χ0) is 8.81. The summed E-state index contributed by atoms with van der Waals surface area (Å²) in [4.78, 5) is 12.3. The highest BCUT2D eigenvalue weighted by Gasteiger charge is 1.98. The zero-order valence-electron chi connectivity index (χ0n) is 7.38. The second-order valence-electron chi connectivity index (χ2n) is 2.83. The summed E-state index contributed by atoms with van der Waals surface area (Å²) in [7, 11) is 0. The third-order valence-corrected chi connectivity index (χ3v) is 2.79. The van der Waals surface area contributed by atoms with Gasteiger partial charge in [-0.05, 0) is 24.3 Å². The van der Waals surface area contributed by atoms with Crippen LogP contribution in [0.25, 0.3) is 0 Å². The minimum atomic E-state index is 0.381. The molecule has 1 aromatic rings. The van der Waals surface area contributed by atoms with Gasteiger partial charge in [0.15, 0.2) is 0 Å². The van der Waals surface area contributed by atoms with Gasteiger partial charge in [-0.1, -0.05) is 13.0 Å². The molecule has 1 rings (SSSR count). The maximum atomic E-state index is 10.9. The molecule has 0 aromatic carbocycles. The van der Waals surface area contributed by atoms with Gasteiger partial charge in [-0.2, -0.15) is 0 Å². The average molecular weight is 182 g/mol. The molecule has 1 nitrogen and oxygen atoms in total. The third kappa shape index (κ3) is 3.18. The summed E-state index contributed by atoms with van der Waals surface area (Å²) in [5.74, 6) is 0.381. The van der Waals surface area contributed by atoms with Gasteiger partial charge in [-0.3, -0.25) is 4.79 Å². The normalized spacial score (nSPS) is 10.1. The Balaban J connectivity index is 2.15. The molecule has 1 aromatic heterocycles. The Morgan fingerprint density at radius 2 is 2.42 bits per heavy atom. The third-order valence-electron chi connectivity index (χ3n) is 1.85. The van der Waals surface area contributed by atoms with E-state index in [2.05, 4.69) is 17.5 Å². The molecular weight excluding hydrogens is 168 g/mol. The molecule has 0 saturated heterocycles. The van der Waals surface area contributed by atoms with E-state index >= 15 is 0 Å². The summed E-state index contributed by atoms with van der Waals surface area (Å²) in [5, 5.41) is 2.08. The van der Waals surface area contributed by atoms with Gasteiger partial charge in [0, 0.05) is 17.7 Å². The van der Waals surface area contributed by atoms with Crippen LogP contribution in [0.4, 0.5) is 0 Å². The summed E-state index contributed by atoms with van der Waals surface area (Å²) >= 11 is 1.77. The highest BCUT2D eigenvalue weighted by Crippen LogP contribution is 2.12. The van der Waals surface area contributed by atoms with Crippen LogP contribution < -0.4 is 0 Å². The molecule has 0 fully saturated rings. The number of Topliss-reactive ketones (excluding diaryl/α,β-unsaturated/α-hetero) is 1. The van der Waals surface area contributed by atoms with E-state index < -0.39 is 0 Å². The van der Waals surface area contributed by atoms with Crippen molar-refractivity contribution in [2.75, 3.05) is 0 Å². The van der Waals surface area contributed by atoms with Gasteiger partial charge in [0.25, 0.3) is 0 Å². The molecule has 2 heteroatoms. The Bertz CT molecular complexity index is 226. The number of aryl methyl sites for hydroxylation is 1. The summed E-state index contributed by atoms with van der Waals surface area (Å²) in [6.45, 7) is 1.92. The van der Waals surface area contributed by atoms with E-state index in [1.165, 1.54) is 4.88 Å². The van der Waals surface area contributed by atoms with Gasteiger partial charge < -0.3 is 0 Å². The number of carbonyl (C=O) groups excluding carboxylic acids is 1. The Morgan fingerprint density at radius 3 is 3.00 bits per heavy atom. The first-order valence-corrected chi connectivity index (χ1v) is 5.25. The van der Waals surface area contributed by atoms with E-state index in [4.69, 9.17) is 0 Å². The molecule has 66 valence electrons. The van der Waals surface area contributed by atoms with Crippen molar-refractivity contribution in [3.63, 3.8) is 0 Å². The van der Waals surface area contributed by atoms with E-state index in [-0.39, 0.29) is 0 Å². The molecular formula is C10H14OS. The van der Waals surface area contributed by atoms with E-state index in [0.29, 0.717) is 12.2 Å². The molecule has 0 radical (unpaired) electrons. The summed E-state index contributed by atoms with van der Waals surface area (Å²) in [6, 6.07) is 4.18. The van der Waals surface area contributed by atoms with Crippen molar-refractivity contribution in [2.24, 2.45) is 0 Å². The molecule has 0 N–H and O–H groups in total. The van der Waals surface area contributed by atoms with Crippen molar-refractivity contribution < 1.29 is 4.79 Å².